The molecule has 0 spiro atoms. The molecular formula is C24H33N3O. The van der Waals surface area contributed by atoms with Crippen molar-refractivity contribution in [2.75, 3.05) is 18.0 Å². The van der Waals surface area contributed by atoms with Crippen LogP contribution < -0.4 is 4.90 Å². The highest BCUT2D eigenvalue weighted by Gasteiger charge is 2.41. The van der Waals surface area contributed by atoms with Crippen LogP contribution in [0.15, 0.2) is 24.3 Å². The number of rotatable bonds is 4. The van der Waals surface area contributed by atoms with Crippen molar-refractivity contribution in [3.8, 4) is 6.07 Å². The lowest BCUT2D eigenvalue weighted by atomic mass is 9.79. The summed E-state index contributed by atoms with van der Waals surface area (Å²) in [6, 6.07) is 11.3. The summed E-state index contributed by atoms with van der Waals surface area (Å²) in [4.78, 5) is 17.8. The predicted octanol–water partition coefficient (Wildman–Crippen LogP) is 4.71. The van der Waals surface area contributed by atoms with Crippen molar-refractivity contribution in [1.82, 2.24) is 4.90 Å². The monoisotopic (exact) mass is 379 g/mol. The van der Waals surface area contributed by atoms with Crippen molar-refractivity contribution < 1.29 is 4.79 Å². The Bertz CT molecular complexity index is 736. The molecule has 150 valence electrons. The number of amides is 1. The van der Waals surface area contributed by atoms with E-state index in [2.05, 4.69) is 30.9 Å². The maximum Gasteiger partial charge on any atom is 0.235 e. The van der Waals surface area contributed by atoms with Gasteiger partial charge in [0, 0.05) is 30.9 Å². The number of likely N-dealkylation sites (tertiary alicyclic amines) is 1. The van der Waals surface area contributed by atoms with E-state index < -0.39 is 0 Å². The number of piperidine rings is 1. The highest BCUT2D eigenvalue weighted by atomic mass is 16.2. The fourth-order valence-corrected chi connectivity index (χ4v) is 5.73. The maximum atomic E-state index is 13.1. The van der Waals surface area contributed by atoms with E-state index in [9.17, 15) is 10.1 Å². The number of para-hydroxylation sites is 1. The smallest absolute Gasteiger partial charge is 0.235 e. The second-order valence-corrected chi connectivity index (χ2v) is 9.26. The van der Waals surface area contributed by atoms with E-state index >= 15 is 0 Å². The number of carbonyl (C=O) groups excluding carboxylic acids is 1. The van der Waals surface area contributed by atoms with Crippen LogP contribution in [0, 0.1) is 23.2 Å². The molecular weight excluding hydrogens is 346 g/mol. The first-order valence-corrected chi connectivity index (χ1v) is 11.1. The number of carbonyl (C=O) groups is 1. The first kappa shape index (κ1) is 19.5. The number of hydrogen-bond acceptors (Lipinski definition) is 3. The van der Waals surface area contributed by atoms with Crippen molar-refractivity contribution >= 4 is 11.6 Å². The van der Waals surface area contributed by atoms with Gasteiger partial charge in [0.05, 0.1) is 18.4 Å². The largest absolute Gasteiger partial charge is 0.308 e. The van der Waals surface area contributed by atoms with Crippen LogP contribution >= 0.6 is 0 Å². The average Bonchev–Trinajstić information content (AvgIpc) is 3.00. The molecule has 1 saturated carbocycles. The first-order chi connectivity index (χ1) is 13.6. The summed E-state index contributed by atoms with van der Waals surface area (Å²) >= 11 is 0. The van der Waals surface area contributed by atoms with Gasteiger partial charge in [0.25, 0.3) is 0 Å². The van der Waals surface area contributed by atoms with Gasteiger partial charge in [-0.2, -0.15) is 5.26 Å². The fraction of sp³-hybridized carbons (Fsp3) is 0.667. The summed E-state index contributed by atoms with van der Waals surface area (Å²) in [5.74, 6) is 1.59. The van der Waals surface area contributed by atoms with Gasteiger partial charge in [-0.05, 0) is 62.0 Å². The third-order valence-electron chi connectivity index (χ3n) is 7.47. The van der Waals surface area contributed by atoms with Gasteiger partial charge in [-0.15, -0.1) is 0 Å². The van der Waals surface area contributed by atoms with Gasteiger partial charge in [0.2, 0.25) is 5.91 Å². The molecule has 1 unspecified atom stereocenters. The molecule has 28 heavy (non-hydrogen) atoms. The van der Waals surface area contributed by atoms with E-state index in [4.69, 9.17) is 0 Å². The summed E-state index contributed by atoms with van der Waals surface area (Å²) in [6.45, 7) is 6.91. The van der Waals surface area contributed by atoms with Crippen molar-refractivity contribution in [3.05, 3.63) is 29.8 Å². The molecule has 0 radical (unpaired) electrons. The van der Waals surface area contributed by atoms with E-state index in [1.807, 2.05) is 23.1 Å². The fourth-order valence-electron chi connectivity index (χ4n) is 5.73. The van der Waals surface area contributed by atoms with Crippen molar-refractivity contribution in [2.45, 2.75) is 76.8 Å². The lowest BCUT2D eigenvalue weighted by molar-refractivity contribution is -0.119. The molecule has 2 aliphatic heterocycles. The van der Waals surface area contributed by atoms with E-state index in [-0.39, 0.29) is 24.3 Å². The molecule has 0 aromatic heterocycles. The molecule has 4 nitrogen and oxygen atoms in total. The number of nitriles is 1. The van der Waals surface area contributed by atoms with Gasteiger partial charge in [0.15, 0.2) is 0 Å². The topological polar surface area (TPSA) is 47.3 Å². The van der Waals surface area contributed by atoms with E-state index in [0.717, 1.165) is 55.1 Å². The van der Waals surface area contributed by atoms with Crippen LogP contribution in [0.2, 0.25) is 0 Å². The standard InChI is InChI=1S/C24H33N3O/c1-17(2)18-7-9-19(10-8-18)26-15-12-20(13-16-26)27-23-6-4-3-5-21(23)22(11-14-25)24(27)28/h3-6,17-20,22H,7-13,15-16H2,1-2H3/t18-,19+,22?. The minimum absolute atomic E-state index is 0.138. The predicted molar refractivity (Wildman–Crippen MR) is 112 cm³/mol. The molecule has 1 saturated heterocycles. The van der Waals surface area contributed by atoms with Crippen LogP contribution in [0.5, 0.6) is 0 Å². The zero-order valence-corrected chi connectivity index (χ0v) is 17.3. The Morgan fingerprint density at radius 2 is 1.71 bits per heavy atom. The van der Waals surface area contributed by atoms with Gasteiger partial charge < -0.3 is 9.80 Å². The molecule has 2 heterocycles. The lowest BCUT2D eigenvalue weighted by Gasteiger charge is -2.43. The zero-order valence-electron chi connectivity index (χ0n) is 17.3. The summed E-state index contributed by atoms with van der Waals surface area (Å²) < 4.78 is 0. The molecule has 1 aromatic carbocycles. The second-order valence-electron chi connectivity index (χ2n) is 9.26. The highest BCUT2D eigenvalue weighted by Crippen LogP contribution is 2.42. The summed E-state index contributed by atoms with van der Waals surface area (Å²) in [7, 11) is 0. The molecule has 0 N–H and O–H groups in total. The zero-order chi connectivity index (χ0) is 19.7. The Morgan fingerprint density at radius 1 is 1.04 bits per heavy atom. The average molecular weight is 380 g/mol. The van der Waals surface area contributed by atoms with Crippen LogP contribution in [-0.4, -0.2) is 36.0 Å². The summed E-state index contributed by atoms with van der Waals surface area (Å²) in [5, 5.41) is 9.17. The number of benzene rings is 1. The summed E-state index contributed by atoms with van der Waals surface area (Å²) in [6.07, 6.45) is 7.79. The number of fused-ring (bicyclic) bond motifs is 1. The molecule has 4 heteroatoms. The summed E-state index contributed by atoms with van der Waals surface area (Å²) in [5.41, 5.74) is 2.09. The van der Waals surface area contributed by atoms with Crippen LogP contribution in [0.25, 0.3) is 0 Å². The molecule has 4 rings (SSSR count). The molecule has 0 bridgehead atoms. The SMILES string of the molecule is CC(C)[C@H]1CC[C@@H](N2CCC(N3C(=O)C(CC#N)c4ccccc43)CC2)CC1. The van der Waals surface area contributed by atoms with Crippen LogP contribution in [0.3, 0.4) is 0 Å². The van der Waals surface area contributed by atoms with E-state index in [0.29, 0.717) is 0 Å². The molecule has 3 aliphatic rings. The quantitative estimate of drug-likeness (QED) is 0.761. The third-order valence-corrected chi connectivity index (χ3v) is 7.47. The Kier molecular flexibility index (Phi) is 5.73. The molecule has 2 fully saturated rings. The Balaban J connectivity index is 1.39. The van der Waals surface area contributed by atoms with Gasteiger partial charge in [-0.1, -0.05) is 32.0 Å². The molecule has 1 atom stereocenters. The number of anilines is 1. The van der Waals surface area contributed by atoms with E-state index in [1.54, 1.807) is 0 Å². The van der Waals surface area contributed by atoms with Crippen LogP contribution in [0.4, 0.5) is 5.69 Å². The van der Waals surface area contributed by atoms with Gasteiger partial charge in [-0.3, -0.25) is 4.79 Å². The normalized spacial score (nSPS) is 29.1. The number of hydrogen-bond donors (Lipinski definition) is 0. The van der Waals surface area contributed by atoms with Crippen molar-refractivity contribution in [2.24, 2.45) is 11.8 Å². The highest BCUT2D eigenvalue weighted by molar-refractivity contribution is 6.05. The Hall–Kier alpha value is -1.86. The van der Waals surface area contributed by atoms with Crippen LogP contribution in [-0.2, 0) is 4.79 Å². The maximum absolute atomic E-state index is 13.1. The minimum Gasteiger partial charge on any atom is -0.308 e. The van der Waals surface area contributed by atoms with E-state index in [1.165, 1.54) is 25.7 Å². The van der Waals surface area contributed by atoms with Gasteiger partial charge in [0.1, 0.15) is 0 Å². The second kappa shape index (κ2) is 8.25. The van der Waals surface area contributed by atoms with Crippen molar-refractivity contribution in [3.63, 3.8) is 0 Å². The lowest BCUT2D eigenvalue weighted by Crippen LogP contribution is -2.50. The van der Waals surface area contributed by atoms with Crippen LogP contribution in [0.1, 0.15) is 70.3 Å². The van der Waals surface area contributed by atoms with Gasteiger partial charge in [-0.25, -0.2) is 0 Å². The Morgan fingerprint density at radius 3 is 2.36 bits per heavy atom. The first-order valence-electron chi connectivity index (χ1n) is 11.1. The van der Waals surface area contributed by atoms with Gasteiger partial charge >= 0.3 is 0 Å². The Labute approximate surface area is 169 Å². The minimum atomic E-state index is -0.273. The van der Waals surface area contributed by atoms with Crippen molar-refractivity contribution in [1.29, 1.82) is 5.26 Å². The molecule has 1 aromatic rings. The molecule has 1 aliphatic carbocycles. The number of nitrogens with zero attached hydrogens (tertiary/aromatic N) is 3. The molecule has 1 amide bonds. The third kappa shape index (κ3) is 3.57.